The number of hydrogen-bond donors (Lipinski definition) is 1. The predicted octanol–water partition coefficient (Wildman–Crippen LogP) is 1.69. The van der Waals surface area contributed by atoms with Gasteiger partial charge in [-0.25, -0.2) is 0 Å². The van der Waals surface area contributed by atoms with E-state index in [-0.39, 0.29) is 7.18 Å². The minimum atomic E-state index is -4.63. The Labute approximate surface area is 81.2 Å². The fourth-order valence-corrected chi connectivity index (χ4v) is 1.04. The van der Waals surface area contributed by atoms with Crippen molar-refractivity contribution in [1.82, 2.24) is 0 Å². The van der Waals surface area contributed by atoms with Crippen molar-refractivity contribution >= 4 is 0 Å². The summed E-state index contributed by atoms with van der Waals surface area (Å²) in [7, 11) is 3.50. The Balaban J connectivity index is 0.00000196. The van der Waals surface area contributed by atoms with E-state index in [1.165, 1.54) is 18.2 Å². The van der Waals surface area contributed by atoms with E-state index in [1.54, 1.807) is 11.4 Å². The Morgan fingerprint density at radius 2 is 2.14 bits per heavy atom. The van der Waals surface area contributed by atoms with Crippen LogP contribution in [0.25, 0.3) is 0 Å². The quantitative estimate of drug-likeness (QED) is 0.750. The van der Waals surface area contributed by atoms with Gasteiger partial charge in [-0.3, -0.25) is 0 Å². The van der Waals surface area contributed by atoms with Crippen LogP contribution in [-0.2, 0) is 6.54 Å². The molecule has 1 aromatic rings. The molecule has 0 saturated carbocycles. The first-order chi connectivity index (χ1) is 6.51. The second-order valence-electron chi connectivity index (χ2n) is 2.69. The standard InChI is InChI=1S/C9H10F3NO.H2/c1-13-6-7-3-2-4-8(5-7)14-9(10,11)12;/h2-5H,1,6,13H2;1H. The van der Waals surface area contributed by atoms with Crippen molar-refractivity contribution in [3.8, 4) is 5.75 Å². The molecule has 0 aromatic heterocycles. The van der Waals surface area contributed by atoms with Gasteiger partial charge in [-0.1, -0.05) is 12.1 Å². The maximum absolute atomic E-state index is 11.8. The number of alkyl halides is 3. The lowest BCUT2D eigenvalue weighted by Crippen LogP contribution is -2.74. The summed E-state index contributed by atoms with van der Waals surface area (Å²) in [5, 5.41) is 1.62. The molecule has 2 N–H and O–H groups in total. The molecule has 0 aliphatic carbocycles. The molecule has 80 valence electrons. The van der Waals surface area contributed by atoms with Crippen molar-refractivity contribution in [2.45, 2.75) is 12.9 Å². The molecule has 0 bridgehead atoms. The zero-order chi connectivity index (χ0) is 10.6. The maximum atomic E-state index is 11.8. The number of halogens is 3. The lowest BCUT2D eigenvalue weighted by atomic mass is 10.2. The molecule has 14 heavy (non-hydrogen) atoms. The van der Waals surface area contributed by atoms with Crippen LogP contribution in [0.5, 0.6) is 5.75 Å². The van der Waals surface area contributed by atoms with Gasteiger partial charge in [0.1, 0.15) is 5.75 Å². The van der Waals surface area contributed by atoms with Crippen LogP contribution < -0.4 is 10.1 Å². The molecule has 2 nitrogen and oxygen atoms in total. The van der Waals surface area contributed by atoms with E-state index in [2.05, 4.69) is 11.8 Å². The normalized spacial score (nSPS) is 11.4. The van der Waals surface area contributed by atoms with Crippen molar-refractivity contribution in [3.05, 3.63) is 36.9 Å². The molecule has 0 fully saturated rings. The Morgan fingerprint density at radius 1 is 1.43 bits per heavy atom. The fourth-order valence-electron chi connectivity index (χ4n) is 1.04. The lowest BCUT2D eigenvalue weighted by Gasteiger charge is -2.09. The van der Waals surface area contributed by atoms with Crippen molar-refractivity contribution in [1.29, 1.82) is 0 Å². The van der Waals surface area contributed by atoms with Crippen LogP contribution in [0.2, 0.25) is 0 Å². The molecule has 0 unspecified atom stereocenters. The molecule has 5 heteroatoms. The third-order valence-corrected chi connectivity index (χ3v) is 1.51. The first-order valence-corrected chi connectivity index (χ1v) is 3.97. The van der Waals surface area contributed by atoms with Gasteiger partial charge in [0.15, 0.2) is 0 Å². The van der Waals surface area contributed by atoms with Gasteiger partial charge in [0, 0.05) is 6.99 Å². The second-order valence-corrected chi connectivity index (χ2v) is 2.69. The van der Waals surface area contributed by atoms with Crippen molar-refractivity contribution < 1.29 is 24.7 Å². The lowest BCUT2D eigenvalue weighted by molar-refractivity contribution is -0.612. The van der Waals surface area contributed by atoms with Crippen molar-refractivity contribution in [3.63, 3.8) is 0 Å². The Bertz CT molecular complexity index is 304. The zero-order valence-electron chi connectivity index (χ0n) is 7.34. The average Bonchev–Trinajstić information content (AvgIpc) is 2.02. The van der Waals surface area contributed by atoms with Crippen molar-refractivity contribution in [2.24, 2.45) is 0 Å². The first-order valence-electron chi connectivity index (χ1n) is 3.97. The molecule has 1 aromatic carbocycles. The van der Waals surface area contributed by atoms with E-state index in [0.717, 1.165) is 5.56 Å². The van der Waals surface area contributed by atoms with E-state index in [9.17, 15) is 13.2 Å². The third-order valence-electron chi connectivity index (χ3n) is 1.51. The third kappa shape index (κ3) is 3.66. The molecular weight excluding hydrogens is 195 g/mol. The summed E-state index contributed by atoms with van der Waals surface area (Å²) in [5.74, 6) is -0.197. The molecular formula is C9H12F3NO. The van der Waals surface area contributed by atoms with Crippen LogP contribution in [0.1, 0.15) is 6.99 Å². The minimum absolute atomic E-state index is 0. The van der Waals surface area contributed by atoms with Crippen LogP contribution in [0, 0.1) is 7.05 Å². The van der Waals surface area contributed by atoms with Gasteiger partial charge in [0.05, 0.1) is 6.54 Å². The summed E-state index contributed by atoms with van der Waals surface area (Å²) in [4.78, 5) is 0. The second kappa shape index (κ2) is 4.32. The topological polar surface area (TPSA) is 25.8 Å². The number of rotatable bonds is 3. The van der Waals surface area contributed by atoms with Crippen LogP contribution in [0.3, 0.4) is 0 Å². The summed E-state index contributed by atoms with van der Waals surface area (Å²) < 4.78 is 39.2. The Kier molecular flexibility index (Phi) is 3.35. The van der Waals surface area contributed by atoms with Crippen molar-refractivity contribution in [2.75, 3.05) is 0 Å². The largest absolute Gasteiger partial charge is 0.573 e. The van der Waals surface area contributed by atoms with E-state index < -0.39 is 6.36 Å². The van der Waals surface area contributed by atoms with Crippen LogP contribution in [0.15, 0.2) is 24.3 Å². The monoisotopic (exact) mass is 207 g/mol. The Morgan fingerprint density at radius 3 is 2.71 bits per heavy atom. The number of nitrogens with two attached hydrogens (primary N) is 1. The van der Waals surface area contributed by atoms with Gasteiger partial charge in [-0.05, 0) is 12.1 Å². The molecule has 0 aliphatic rings. The summed E-state index contributed by atoms with van der Waals surface area (Å²) in [6.07, 6.45) is -4.63. The van der Waals surface area contributed by atoms with E-state index >= 15 is 0 Å². The average molecular weight is 207 g/mol. The minimum Gasteiger partial charge on any atom is -0.475 e. The molecule has 1 rings (SSSR count). The van der Waals surface area contributed by atoms with Gasteiger partial charge >= 0.3 is 6.36 Å². The van der Waals surface area contributed by atoms with E-state index in [0.29, 0.717) is 6.54 Å². The van der Waals surface area contributed by atoms with E-state index in [1.807, 2.05) is 0 Å². The van der Waals surface area contributed by atoms with Gasteiger partial charge in [0.25, 0.3) is 0 Å². The number of benzene rings is 1. The highest BCUT2D eigenvalue weighted by Crippen LogP contribution is 2.22. The van der Waals surface area contributed by atoms with Crippen LogP contribution in [-0.4, -0.2) is 6.36 Å². The molecule has 0 heterocycles. The predicted molar refractivity (Wildman–Crippen MR) is 46.2 cm³/mol. The van der Waals surface area contributed by atoms with Gasteiger partial charge in [0.2, 0.25) is 0 Å². The van der Waals surface area contributed by atoms with Gasteiger partial charge in [-0.15, -0.1) is 13.2 Å². The summed E-state index contributed by atoms with van der Waals surface area (Å²) in [6.45, 7) is 0.523. The SMILES string of the molecule is [CH2-][NH2+]Cc1cccc(OC(F)(F)F)c1.[HH]. The molecule has 0 saturated heterocycles. The fraction of sp³-hybridized carbons (Fsp3) is 0.222. The van der Waals surface area contributed by atoms with Gasteiger partial charge < -0.3 is 10.1 Å². The summed E-state index contributed by atoms with van der Waals surface area (Å²) in [5.41, 5.74) is 0.738. The Hall–Kier alpha value is -1.23. The zero-order valence-corrected chi connectivity index (χ0v) is 7.34. The van der Waals surface area contributed by atoms with Crippen LogP contribution >= 0.6 is 0 Å². The maximum Gasteiger partial charge on any atom is 0.573 e. The summed E-state index contributed by atoms with van der Waals surface area (Å²) >= 11 is 0. The molecule has 0 radical (unpaired) electrons. The molecule has 0 spiro atoms. The molecule has 0 aliphatic heterocycles. The first kappa shape index (κ1) is 10.8. The van der Waals surface area contributed by atoms with E-state index in [4.69, 9.17) is 0 Å². The number of ether oxygens (including phenoxy) is 1. The highest BCUT2D eigenvalue weighted by Gasteiger charge is 2.31. The highest BCUT2D eigenvalue weighted by molar-refractivity contribution is 5.28. The molecule has 0 atom stereocenters. The number of quaternary nitrogens is 1. The number of hydrogen-bond acceptors (Lipinski definition) is 1. The highest BCUT2D eigenvalue weighted by atomic mass is 19.4. The molecule has 0 amide bonds. The van der Waals surface area contributed by atoms with Gasteiger partial charge in [-0.2, -0.15) is 7.05 Å². The summed E-state index contributed by atoms with van der Waals surface area (Å²) in [6, 6.07) is 5.83. The van der Waals surface area contributed by atoms with Crippen LogP contribution in [0.4, 0.5) is 13.2 Å². The smallest absolute Gasteiger partial charge is 0.475 e.